The first-order valence-electron chi connectivity index (χ1n) is 10.8. The molecular weight excluding hydrogens is 470 g/mol. The lowest BCUT2D eigenvalue weighted by Gasteiger charge is -2.11. The van der Waals surface area contributed by atoms with Gasteiger partial charge in [0.2, 0.25) is 5.91 Å². The zero-order valence-corrected chi connectivity index (χ0v) is 20.4. The standard InChI is InChI=1S/C25H23N3O4S2/c1-3-28-23(30)22-21(19(14-33-22)16-8-6-5-7-9-16)27-25(28)34-15-20(29)26-18-12-10-17(11-13-18)24(31)32-4-2/h5-14H,3-4,15H2,1-2H3,(H,26,29). The SMILES string of the molecule is CCOC(=O)c1ccc(NC(=O)CSc2nc3c(-c4ccccc4)csc3c(=O)n2CC)cc1. The molecule has 34 heavy (non-hydrogen) atoms. The number of anilines is 1. The Bertz CT molecular complexity index is 1380. The number of aromatic nitrogens is 2. The van der Waals surface area contributed by atoms with Crippen molar-refractivity contribution in [3.05, 3.63) is 75.9 Å². The van der Waals surface area contributed by atoms with Crippen molar-refractivity contribution in [2.75, 3.05) is 17.7 Å². The van der Waals surface area contributed by atoms with Crippen molar-refractivity contribution >= 4 is 50.9 Å². The fraction of sp³-hybridized carbons (Fsp3) is 0.200. The van der Waals surface area contributed by atoms with Gasteiger partial charge in [0, 0.05) is 23.2 Å². The van der Waals surface area contributed by atoms with E-state index in [-0.39, 0.29) is 17.2 Å². The quantitative estimate of drug-likeness (QED) is 0.210. The highest BCUT2D eigenvalue weighted by atomic mass is 32.2. The van der Waals surface area contributed by atoms with E-state index in [2.05, 4.69) is 5.32 Å². The summed E-state index contributed by atoms with van der Waals surface area (Å²) in [7, 11) is 0. The third kappa shape index (κ3) is 5.05. The van der Waals surface area contributed by atoms with Crippen LogP contribution in [0.15, 0.2) is 69.9 Å². The van der Waals surface area contributed by atoms with Crippen molar-refractivity contribution in [3.63, 3.8) is 0 Å². The average molecular weight is 494 g/mol. The molecule has 2 aromatic heterocycles. The maximum absolute atomic E-state index is 13.1. The summed E-state index contributed by atoms with van der Waals surface area (Å²) in [5.74, 6) is -0.555. The Morgan fingerprint density at radius 2 is 1.82 bits per heavy atom. The van der Waals surface area contributed by atoms with Crippen LogP contribution >= 0.6 is 23.1 Å². The third-order valence-corrected chi connectivity index (χ3v) is 6.99. The molecule has 0 saturated heterocycles. The van der Waals surface area contributed by atoms with Crippen LogP contribution in [0.4, 0.5) is 5.69 Å². The van der Waals surface area contributed by atoms with Crippen LogP contribution in [0.3, 0.4) is 0 Å². The van der Waals surface area contributed by atoms with Gasteiger partial charge in [-0.05, 0) is 43.7 Å². The fourth-order valence-corrected chi connectivity index (χ4v) is 5.24. The maximum Gasteiger partial charge on any atom is 0.338 e. The van der Waals surface area contributed by atoms with Crippen molar-refractivity contribution in [3.8, 4) is 11.1 Å². The summed E-state index contributed by atoms with van der Waals surface area (Å²) in [4.78, 5) is 42.2. The maximum atomic E-state index is 13.1. The number of thioether (sulfide) groups is 1. The highest BCUT2D eigenvalue weighted by Crippen LogP contribution is 2.32. The smallest absolute Gasteiger partial charge is 0.338 e. The molecule has 0 aliphatic carbocycles. The summed E-state index contributed by atoms with van der Waals surface area (Å²) >= 11 is 2.61. The largest absolute Gasteiger partial charge is 0.462 e. The Hall–Kier alpha value is -3.43. The van der Waals surface area contributed by atoms with E-state index in [1.807, 2.05) is 42.6 Å². The molecule has 0 spiro atoms. The minimum atomic E-state index is -0.404. The molecule has 0 bridgehead atoms. The zero-order valence-electron chi connectivity index (χ0n) is 18.7. The van der Waals surface area contributed by atoms with Gasteiger partial charge in [0.15, 0.2) is 5.16 Å². The molecule has 174 valence electrons. The summed E-state index contributed by atoms with van der Waals surface area (Å²) in [6.07, 6.45) is 0. The number of esters is 1. The monoisotopic (exact) mass is 493 g/mol. The van der Waals surface area contributed by atoms with Gasteiger partial charge in [-0.2, -0.15) is 0 Å². The highest BCUT2D eigenvalue weighted by Gasteiger charge is 2.17. The van der Waals surface area contributed by atoms with Crippen LogP contribution in [-0.4, -0.2) is 33.8 Å². The number of carbonyl (C=O) groups excluding carboxylic acids is 2. The molecular formula is C25H23N3O4S2. The zero-order chi connectivity index (χ0) is 24.1. The van der Waals surface area contributed by atoms with Crippen LogP contribution in [0, 0.1) is 0 Å². The van der Waals surface area contributed by atoms with E-state index in [4.69, 9.17) is 9.72 Å². The molecule has 0 aliphatic heterocycles. The second-order valence-corrected chi connectivity index (χ2v) is 9.09. The summed E-state index contributed by atoms with van der Waals surface area (Å²) < 4.78 is 7.17. The minimum absolute atomic E-state index is 0.0857. The summed E-state index contributed by atoms with van der Waals surface area (Å²) in [6, 6.07) is 16.3. The molecule has 4 aromatic rings. The highest BCUT2D eigenvalue weighted by molar-refractivity contribution is 7.99. The Labute approximate surface area is 204 Å². The first-order valence-corrected chi connectivity index (χ1v) is 12.7. The minimum Gasteiger partial charge on any atom is -0.462 e. The van der Waals surface area contributed by atoms with E-state index in [0.717, 1.165) is 11.1 Å². The Morgan fingerprint density at radius 1 is 1.09 bits per heavy atom. The topological polar surface area (TPSA) is 90.3 Å². The normalized spacial score (nSPS) is 10.9. The van der Waals surface area contributed by atoms with E-state index >= 15 is 0 Å². The second kappa shape index (κ2) is 10.7. The molecule has 7 nitrogen and oxygen atoms in total. The van der Waals surface area contributed by atoms with Gasteiger partial charge in [-0.3, -0.25) is 14.2 Å². The first kappa shape index (κ1) is 23.7. The fourth-order valence-electron chi connectivity index (χ4n) is 3.42. The number of rotatable bonds is 8. The molecule has 1 amide bonds. The molecule has 2 heterocycles. The predicted octanol–water partition coefficient (Wildman–Crippen LogP) is 5.05. The van der Waals surface area contributed by atoms with Crippen molar-refractivity contribution in [2.45, 2.75) is 25.5 Å². The van der Waals surface area contributed by atoms with Gasteiger partial charge in [-0.1, -0.05) is 42.1 Å². The van der Waals surface area contributed by atoms with Gasteiger partial charge in [0.25, 0.3) is 5.56 Å². The number of benzene rings is 2. The lowest BCUT2D eigenvalue weighted by atomic mass is 10.1. The number of nitrogens with one attached hydrogen (secondary N) is 1. The molecule has 0 unspecified atom stereocenters. The Balaban J connectivity index is 1.52. The average Bonchev–Trinajstić information content (AvgIpc) is 3.28. The molecule has 4 rings (SSSR count). The number of nitrogens with zero attached hydrogens (tertiary/aromatic N) is 2. The molecule has 2 aromatic carbocycles. The van der Waals surface area contributed by atoms with Crippen LogP contribution < -0.4 is 10.9 Å². The predicted molar refractivity (Wildman–Crippen MR) is 137 cm³/mol. The number of hydrogen-bond acceptors (Lipinski definition) is 7. The van der Waals surface area contributed by atoms with Crippen LogP contribution in [0.5, 0.6) is 0 Å². The Morgan fingerprint density at radius 3 is 2.50 bits per heavy atom. The van der Waals surface area contributed by atoms with Crippen molar-refractivity contribution in [1.29, 1.82) is 0 Å². The number of amides is 1. The van der Waals surface area contributed by atoms with Gasteiger partial charge < -0.3 is 10.1 Å². The number of ether oxygens (including phenoxy) is 1. The van der Waals surface area contributed by atoms with Crippen LogP contribution in [0.1, 0.15) is 24.2 Å². The summed E-state index contributed by atoms with van der Waals surface area (Å²) in [6.45, 7) is 4.39. The van der Waals surface area contributed by atoms with Gasteiger partial charge in [0.05, 0.1) is 23.4 Å². The van der Waals surface area contributed by atoms with Crippen molar-refractivity contribution in [1.82, 2.24) is 9.55 Å². The number of fused-ring (bicyclic) bond motifs is 1. The van der Waals surface area contributed by atoms with E-state index in [1.54, 1.807) is 35.8 Å². The number of thiophene rings is 1. The van der Waals surface area contributed by atoms with Gasteiger partial charge >= 0.3 is 5.97 Å². The second-order valence-electron chi connectivity index (χ2n) is 7.27. The number of carbonyl (C=O) groups is 2. The molecule has 9 heteroatoms. The lowest BCUT2D eigenvalue weighted by molar-refractivity contribution is -0.113. The van der Waals surface area contributed by atoms with E-state index in [0.29, 0.717) is 39.8 Å². The molecule has 0 aliphatic rings. The van der Waals surface area contributed by atoms with E-state index in [1.165, 1.54) is 23.1 Å². The van der Waals surface area contributed by atoms with Crippen molar-refractivity contribution in [2.24, 2.45) is 0 Å². The molecule has 1 N–H and O–H groups in total. The first-order chi connectivity index (χ1) is 16.5. The number of hydrogen-bond donors (Lipinski definition) is 1. The van der Waals surface area contributed by atoms with E-state index < -0.39 is 5.97 Å². The van der Waals surface area contributed by atoms with Gasteiger partial charge in [-0.25, -0.2) is 9.78 Å². The van der Waals surface area contributed by atoms with Crippen LogP contribution in [0.2, 0.25) is 0 Å². The molecule has 0 fully saturated rings. The summed E-state index contributed by atoms with van der Waals surface area (Å²) in [5.41, 5.74) is 3.45. The molecule has 0 saturated carbocycles. The third-order valence-electron chi connectivity index (χ3n) is 5.06. The van der Waals surface area contributed by atoms with Crippen LogP contribution in [-0.2, 0) is 16.1 Å². The van der Waals surface area contributed by atoms with Crippen molar-refractivity contribution < 1.29 is 14.3 Å². The molecule has 0 radical (unpaired) electrons. The summed E-state index contributed by atoms with van der Waals surface area (Å²) in [5, 5.41) is 5.26. The van der Waals surface area contributed by atoms with Gasteiger partial charge in [0.1, 0.15) is 4.70 Å². The lowest BCUT2D eigenvalue weighted by Crippen LogP contribution is -2.23. The van der Waals surface area contributed by atoms with E-state index in [9.17, 15) is 14.4 Å². The Kier molecular flexibility index (Phi) is 7.44. The van der Waals surface area contributed by atoms with Gasteiger partial charge in [-0.15, -0.1) is 11.3 Å². The molecule has 0 atom stereocenters. The van der Waals surface area contributed by atoms with Crippen LogP contribution in [0.25, 0.3) is 21.3 Å².